The van der Waals surface area contributed by atoms with E-state index in [-0.39, 0.29) is 0 Å². The summed E-state index contributed by atoms with van der Waals surface area (Å²) in [5.41, 5.74) is 0. The van der Waals surface area contributed by atoms with Gasteiger partial charge in [0.25, 0.3) is 0 Å². The van der Waals surface area contributed by atoms with Crippen LogP contribution in [-0.4, -0.2) is 12.3 Å². The summed E-state index contributed by atoms with van der Waals surface area (Å²) in [7, 11) is 0. The van der Waals surface area contributed by atoms with Gasteiger partial charge in [0.2, 0.25) is 0 Å². The van der Waals surface area contributed by atoms with Gasteiger partial charge in [-0.1, -0.05) is 0 Å². The normalized spacial score (nSPS) is 11.6. The quantitative estimate of drug-likeness (QED) is 0.538. The fourth-order valence-electron chi connectivity index (χ4n) is 0.183. The van der Waals surface area contributed by atoms with Crippen LogP contribution in [0.3, 0.4) is 0 Å². The molecular weight excluding hydrogens is 138 g/mol. The van der Waals surface area contributed by atoms with Gasteiger partial charge in [0.15, 0.2) is 0 Å². The van der Waals surface area contributed by atoms with Crippen molar-refractivity contribution in [2.24, 2.45) is 0 Å². The lowest BCUT2D eigenvalue weighted by atomic mass is 10.3. The number of hydrogen-bond acceptors (Lipinski definition) is 1. The lowest BCUT2D eigenvalue weighted by Gasteiger charge is -2.09. The monoisotopic (exact) mass is 141 g/mol. The number of nitriles is 1. The lowest BCUT2D eigenvalue weighted by molar-refractivity contribution is -0.124. The molecule has 52 valence electrons. The van der Waals surface area contributed by atoms with Gasteiger partial charge in [-0.25, -0.2) is 8.78 Å². The van der Waals surface area contributed by atoms with Gasteiger partial charge in [-0.3, -0.25) is 0 Å². The molecule has 0 aliphatic carbocycles. The molecule has 0 aromatic carbocycles. The second-order valence-corrected chi connectivity index (χ2v) is 1.40. The maximum Gasteiger partial charge on any atom is 0.320 e. The molecule has 0 rings (SSSR count). The number of nitrogens with zero attached hydrogens (tertiary/aromatic N) is 1. The van der Waals surface area contributed by atoms with Crippen LogP contribution < -0.4 is 0 Å². The topological polar surface area (TPSA) is 23.8 Å². The Labute approximate surface area is 48.9 Å². The summed E-state index contributed by atoms with van der Waals surface area (Å²) in [6.45, 7) is 0. The highest BCUT2D eigenvalue weighted by Crippen LogP contribution is 2.25. The predicted octanol–water partition coefficient (Wildman–Crippen LogP) is 1.80. The van der Waals surface area contributed by atoms with Crippen molar-refractivity contribution in [2.75, 3.05) is 0 Å². The third kappa shape index (κ3) is 2.31. The molecular formula is C4H3F4N. The van der Waals surface area contributed by atoms with E-state index in [1.807, 2.05) is 0 Å². The van der Waals surface area contributed by atoms with Crippen molar-refractivity contribution >= 4 is 0 Å². The van der Waals surface area contributed by atoms with Gasteiger partial charge in [-0.15, -0.1) is 0 Å². The van der Waals surface area contributed by atoms with Crippen LogP contribution in [0.25, 0.3) is 0 Å². The summed E-state index contributed by atoms with van der Waals surface area (Å²) < 4.78 is 45.3. The zero-order valence-electron chi connectivity index (χ0n) is 4.24. The fourth-order valence-corrected chi connectivity index (χ4v) is 0.183. The molecule has 0 atom stereocenters. The summed E-state index contributed by atoms with van der Waals surface area (Å²) in [5, 5.41) is 7.59. The number of halogens is 4. The smallest absolute Gasteiger partial charge is 0.204 e. The van der Waals surface area contributed by atoms with E-state index in [0.29, 0.717) is 0 Å². The van der Waals surface area contributed by atoms with Gasteiger partial charge in [0.1, 0.15) is 6.42 Å². The molecule has 0 heterocycles. The largest absolute Gasteiger partial charge is 0.320 e. The van der Waals surface area contributed by atoms with Crippen molar-refractivity contribution in [2.45, 2.75) is 18.8 Å². The summed E-state index contributed by atoms with van der Waals surface area (Å²) in [6, 6.07) is 0.959. The zero-order valence-corrected chi connectivity index (χ0v) is 4.24. The van der Waals surface area contributed by atoms with E-state index in [1.54, 1.807) is 0 Å². The molecule has 0 radical (unpaired) electrons. The molecule has 0 unspecified atom stereocenters. The Morgan fingerprint density at radius 2 is 1.89 bits per heavy atom. The Hall–Kier alpha value is -0.790. The second-order valence-electron chi connectivity index (χ2n) is 1.40. The first-order chi connectivity index (χ1) is 4.00. The van der Waals surface area contributed by atoms with E-state index < -0.39 is 18.8 Å². The Morgan fingerprint density at radius 3 is 2.00 bits per heavy atom. The Bertz CT molecular complexity index is 125. The van der Waals surface area contributed by atoms with Crippen LogP contribution in [0.5, 0.6) is 0 Å². The summed E-state index contributed by atoms with van der Waals surface area (Å²) in [6.07, 6.45) is -5.16. The van der Waals surface area contributed by atoms with Gasteiger partial charge in [-0.05, 0) is 0 Å². The van der Waals surface area contributed by atoms with Gasteiger partial charge in [-0.2, -0.15) is 14.0 Å². The van der Waals surface area contributed by atoms with Gasteiger partial charge in [0.05, 0.1) is 6.07 Å². The molecule has 0 aliphatic heterocycles. The van der Waals surface area contributed by atoms with Gasteiger partial charge < -0.3 is 0 Å². The van der Waals surface area contributed by atoms with Crippen molar-refractivity contribution in [3.63, 3.8) is 0 Å². The molecule has 0 aliphatic rings. The first-order valence-electron chi connectivity index (χ1n) is 2.03. The molecule has 5 heteroatoms. The molecule has 0 aromatic rings. The Kier molecular flexibility index (Phi) is 2.43. The molecule has 0 amide bonds. The molecule has 0 fully saturated rings. The predicted molar refractivity (Wildman–Crippen MR) is 21.2 cm³/mol. The first kappa shape index (κ1) is 8.21. The minimum atomic E-state index is -4.14. The maximum atomic E-state index is 11.6. The van der Waals surface area contributed by atoms with E-state index in [9.17, 15) is 17.6 Å². The highest BCUT2D eigenvalue weighted by Gasteiger charge is 2.40. The second kappa shape index (κ2) is 2.67. The highest BCUT2D eigenvalue weighted by molar-refractivity contribution is 4.82. The van der Waals surface area contributed by atoms with Crippen LogP contribution in [0.15, 0.2) is 0 Å². The average molecular weight is 141 g/mol. The van der Waals surface area contributed by atoms with E-state index in [2.05, 4.69) is 0 Å². The molecule has 0 aromatic heterocycles. The number of alkyl halides is 4. The lowest BCUT2D eigenvalue weighted by Crippen LogP contribution is -2.25. The fraction of sp³-hybridized carbons (Fsp3) is 0.750. The first-order valence-corrected chi connectivity index (χ1v) is 2.03. The standard InChI is InChI=1S/C4H3F4N/c5-3(6)4(7,8)1-2-9/h3H,1H2. The van der Waals surface area contributed by atoms with Crippen LogP contribution in [0, 0.1) is 11.3 Å². The SMILES string of the molecule is N#CCC(F)(F)C(F)F. The zero-order chi connectivity index (χ0) is 7.49. The summed E-state index contributed by atoms with van der Waals surface area (Å²) >= 11 is 0. The van der Waals surface area contributed by atoms with E-state index in [0.717, 1.165) is 6.07 Å². The molecule has 0 saturated carbocycles. The Balaban J connectivity index is 3.89. The average Bonchev–Trinajstić information content (AvgIpc) is 1.65. The van der Waals surface area contributed by atoms with Crippen LogP contribution >= 0.6 is 0 Å². The molecule has 9 heavy (non-hydrogen) atoms. The maximum absolute atomic E-state index is 11.6. The third-order valence-electron chi connectivity index (χ3n) is 0.634. The third-order valence-corrected chi connectivity index (χ3v) is 0.634. The van der Waals surface area contributed by atoms with Crippen molar-refractivity contribution in [1.29, 1.82) is 5.26 Å². The molecule has 0 spiro atoms. The van der Waals surface area contributed by atoms with Crippen LogP contribution in [0.4, 0.5) is 17.6 Å². The van der Waals surface area contributed by atoms with Crippen molar-refractivity contribution in [3.05, 3.63) is 0 Å². The van der Waals surface area contributed by atoms with Crippen molar-refractivity contribution in [3.8, 4) is 6.07 Å². The molecule has 0 saturated heterocycles. The van der Waals surface area contributed by atoms with Gasteiger partial charge >= 0.3 is 12.3 Å². The molecule has 0 bridgehead atoms. The summed E-state index contributed by atoms with van der Waals surface area (Å²) in [4.78, 5) is 0. The van der Waals surface area contributed by atoms with Crippen molar-refractivity contribution in [1.82, 2.24) is 0 Å². The number of rotatable bonds is 2. The van der Waals surface area contributed by atoms with E-state index >= 15 is 0 Å². The van der Waals surface area contributed by atoms with Crippen molar-refractivity contribution < 1.29 is 17.6 Å². The van der Waals surface area contributed by atoms with Gasteiger partial charge in [0, 0.05) is 0 Å². The van der Waals surface area contributed by atoms with E-state index in [1.165, 1.54) is 0 Å². The van der Waals surface area contributed by atoms with Crippen LogP contribution in [-0.2, 0) is 0 Å². The van der Waals surface area contributed by atoms with Crippen LogP contribution in [0.1, 0.15) is 6.42 Å². The van der Waals surface area contributed by atoms with E-state index in [4.69, 9.17) is 5.26 Å². The minimum Gasteiger partial charge on any atom is -0.204 e. The molecule has 0 N–H and O–H groups in total. The summed E-state index contributed by atoms with van der Waals surface area (Å²) in [5.74, 6) is -4.14. The van der Waals surface area contributed by atoms with Crippen LogP contribution in [0.2, 0.25) is 0 Å². The highest BCUT2D eigenvalue weighted by atomic mass is 19.3. The minimum absolute atomic E-state index is 0.959. The Morgan fingerprint density at radius 1 is 1.44 bits per heavy atom. The number of hydrogen-bond donors (Lipinski definition) is 0. The molecule has 1 nitrogen and oxygen atoms in total.